The third-order valence-electron chi connectivity index (χ3n) is 3.83. The Morgan fingerprint density at radius 2 is 2.00 bits per heavy atom. The fourth-order valence-electron chi connectivity index (χ4n) is 2.69. The second-order valence-corrected chi connectivity index (χ2v) is 5.53. The minimum Gasteiger partial charge on any atom is -0.490 e. The van der Waals surface area contributed by atoms with Gasteiger partial charge in [0, 0.05) is 23.9 Å². The maximum absolute atomic E-state index is 6.15. The Kier molecular flexibility index (Phi) is 4.34. The number of para-hydroxylation sites is 1. The molecule has 0 saturated heterocycles. The van der Waals surface area contributed by atoms with Crippen molar-refractivity contribution in [3.05, 3.63) is 47.9 Å². The molecule has 4 nitrogen and oxygen atoms in total. The molecule has 1 aliphatic carbocycles. The lowest BCUT2D eigenvalue weighted by Gasteiger charge is -2.17. The van der Waals surface area contributed by atoms with Gasteiger partial charge in [-0.2, -0.15) is 0 Å². The first-order valence-corrected chi connectivity index (χ1v) is 7.58. The van der Waals surface area contributed by atoms with Gasteiger partial charge in [0.1, 0.15) is 17.9 Å². The summed E-state index contributed by atoms with van der Waals surface area (Å²) < 4.78 is 6.15. The summed E-state index contributed by atoms with van der Waals surface area (Å²) in [5.41, 5.74) is 2.13. The van der Waals surface area contributed by atoms with Gasteiger partial charge < -0.3 is 10.1 Å². The highest BCUT2D eigenvalue weighted by Gasteiger charge is 2.17. The van der Waals surface area contributed by atoms with Gasteiger partial charge in [-0.15, -0.1) is 0 Å². The van der Waals surface area contributed by atoms with E-state index in [1.165, 1.54) is 31.2 Å². The van der Waals surface area contributed by atoms with Crippen LogP contribution in [0.4, 0.5) is 5.82 Å². The molecule has 0 spiro atoms. The average Bonchev–Trinajstić information content (AvgIpc) is 2.99. The molecule has 4 heteroatoms. The van der Waals surface area contributed by atoms with Crippen LogP contribution in [0.1, 0.15) is 36.9 Å². The lowest BCUT2D eigenvalue weighted by Crippen LogP contribution is -2.13. The third-order valence-corrected chi connectivity index (χ3v) is 3.83. The second-order valence-electron chi connectivity index (χ2n) is 5.53. The Labute approximate surface area is 125 Å². The van der Waals surface area contributed by atoms with Crippen LogP contribution in [0.5, 0.6) is 5.75 Å². The molecule has 1 fully saturated rings. The van der Waals surface area contributed by atoms with E-state index in [1.807, 2.05) is 25.1 Å². The third kappa shape index (κ3) is 3.72. The molecule has 0 aliphatic heterocycles. The number of benzene rings is 1. The van der Waals surface area contributed by atoms with E-state index in [1.54, 1.807) is 6.33 Å². The van der Waals surface area contributed by atoms with Gasteiger partial charge in [-0.05, 0) is 38.7 Å². The maximum atomic E-state index is 6.15. The molecule has 1 saturated carbocycles. The van der Waals surface area contributed by atoms with E-state index in [2.05, 4.69) is 27.4 Å². The monoisotopic (exact) mass is 283 g/mol. The molecule has 1 N–H and O–H groups in total. The van der Waals surface area contributed by atoms with Gasteiger partial charge in [0.25, 0.3) is 0 Å². The van der Waals surface area contributed by atoms with Crippen molar-refractivity contribution in [3.8, 4) is 5.75 Å². The SMILES string of the molecule is Cc1cc(NCc2ccccc2OC2CCCC2)ncn1. The molecule has 0 atom stereocenters. The number of nitrogens with one attached hydrogen (secondary N) is 1. The number of ether oxygens (including phenoxy) is 1. The van der Waals surface area contributed by atoms with E-state index < -0.39 is 0 Å². The molecule has 0 amide bonds. The summed E-state index contributed by atoms with van der Waals surface area (Å²) in [7, 11) is 0. The van der Waals surface area contributed by atoms with Gasteiger partial charge in [0.15, 0.2) is 0 Å². The molecular weight excluding hydrogens is 262 g/mol. The predicted octanol–water partition coefficient (Wildman–Crippen LogP) is 3.72. The summed E-state index contributed by atoms with van der Waals surface area (Å²) in [5, 5.41) is 3.34. The van der Waals surface area contributed by atoms with E-state index in [-0.39, 0.29) is 0 Å². The van der Waals surface area contributed by atoms with Crippen molar-refractivity contribution in [2.75, 3.05) is 5.32 Å². The van der Waals surface area contributed by atoms with Gasteiger partial charge >= 0.3 is 0 Å². The van der Waals surface area contributed by atoms with Crippen molar-refractivity contribution in [2.24, 2.45) is 0 Å². The van der Waals surface area contributed by atoms with Crippen molar-refractivity contribution >= 4 is 5.82 Å². The van der Waals surface area contributed by atoms with Gasteiger partial charge in [0.2, 0.25) is 0 Å². The van der Waals surface area contributed by atoms with Crippen molar-refractivity contribution in [2.45, 2.75) is 45.3 Å². The van der Waals surface area contributed by atoms with Crippen LogP contribution in [0, 0.1) is 6.92 Å². The van der Waals surface area contributed by atoms with E-state index in [0.29, 0.717) is 12.6 Å². The van der Waals surface area contributed by atoms with Crippen LogP contribution in [0.2, 0.25) is 0 Å². The van der Waals surface area contributed by atoms with Gasteiger partial charge in [0.05, 0.1) is 6.10 Å². The first-order valence-electron chi connectivity index (χ1n) is 7.58. The Hall–Kier alpha value is -2.10. The number of aromatic nitrogens is 2. The highest BCUT2D eigenvalue weighted by atomic mass is 16.5. The van der Waals surface area contributed by atoms with E-state index in [4.69, 9.17) is 4.74 Å². The molecule has 1 aliphatic rings. The summed E-state index contributed by atoms with van der Waals surface area (Å²) in [6, 6.07) is 10.2. The Balaban J connectivity index is 1.67. The predicted molar refractivity (Wildman–Crippen MR) is 83.4 cm³/mol. The van der Waals surface area contributed by atoms with E-state index >= 15 is 0 Å². The fraction of sp³-hybridized carbons (Fsp3) is 0.412. The van der Waals surface area contributed by atoms with Crippen LogP contribution in [0.25, 0.3) is 0 Å². The van der Waals surface area contributed by atoms with Crippen molar-refractivity contribution in [1.82, 2.24) is 9.97 Å². The zero-order chi connectivity index (χ0) is 14.5. The molecule has 0 radical (unpaired) electrons. The average molecular weight is 283 g/mol. The van der Waals surface area contributed by atoms with Crippen LogP contribution >= 0.6 is 0 Å². The maximum Gasteiger partial charge on any atom is 0.129 e. The quantitative estimate of drug-likeness (QED) is 0.908. The zero-order valence-corrected chi connectivity index (χ0v) is 12.4. The molecule has 0 bridgehead atoms. The molecule has 1 heterocycles. The first kappa shape index (κ1) is 13.9. The molecule has 2 aromatic rings. The Bertz CT molecular complexity index is 594. The topological polar surface area (TPSA) is 47.0 Å². The van der Waals surface area contributed by atoms with Crippen molar-refractivity contribution in [1.29, 1.82) is 0 Å². The molecule has 110 valence electrons. The van der Waals surface area contributed by atoms with Crippen LogP contribution < -0.4 is 10.1 Å². The molecular formula is C17H21N3O. The number of aryl methyl sites for hydroxylation is 1. The summed E-state index contributed by atoms with van der Waals surface area (Å²) >= 11 is 0. The van der Waals surface area contributed by atoms with Crippen molar-refractivity contribution < 1.29 is 4.74 Å². The zero-order valence-electron chi connectivity index (χ0n) is 12.4. The van der Waals surface area contributed by atoms with Crippen LogP contribution in [0.15, 0.2) is 36.7 Å². The lowest BCUT2D eigenvalue weighted by atomic mass is 10.2. The van der Waals surface area contributed by atoms with Gasteiger partial charge in [-0.3, -0.25) is 0 Å². The highest BCUT2D eigenvalue weighted by Crippen LogP contribution is 2.27. The van der Waals surface area contributed by atoms with E-state index in [9.17, 15) is 0 Å². The van der Waals surface area contributed by atoms with Gasteiger partial charge in [-0.25, -0.2) is 9.97 Å². The number of nitrogens with zero attached hydrogens (tertiary/aromatic N) is 2. The van der Waals surface area contributed by atoms with Crippen LogP contribution in [0.3, 0.4) is 0 Å². The summed E-state index contributed by atoms with van der Waals surface area (Å²) in [5.74, 6) is 1.83. The summed E-state index contributed by atoms with van der Waals surface area (Å²) in [4.78, 5) is 8.33. The summed E-state index contributed by atoms with van der Waals surface area (Å²) in [6.45, 7) is 2.67. The minimum absolute atomic E-state index is 0.382. The van der Waals surface area contributed by atoms with Crippen LogP contribution in [-0.4, -0.2) is 16.1 Å². The normalized spacial score (nSPS) is 15.1. The highest BCUT2D eigenvalue weighted by molar-refractivity contribution is 5.40. The Morgan fingerprint density at radius 3 is 2.81 bits per heavy atom. The number of rotatable bonds is 5. The molecule has 1 aromatic heterocycles. The van der Waals surface area contributed by atoms with Crippen LogP contribution in [-0.2, 0) is 6.54 Å². The smallest absolute Gasteiger partial charge is 0.129 e. The first-order chi connectivity index (χ1) is 10.3. The standard InChI is InChI=1S/C17H21N3O/c1-13-10-17(20-12-19-13)18-11-14-6-2-5-9-16(14)21-15-7-3-4-8-15/h2,5-6,9-10,12,15H,3-4,7-8,11H2,1H3,(H,18,19,20). The fourth-order valence-corrected chi connectivity index (χ4v) is 2.69. The largest absolute Gasteiger partial charge is 0.490 e. The molecule has 0 unspecified atom stereocenters. The Morgan fingerprint density at radius 1 is 1.19 bits per heavy atom. The number of hydrogen-bond donors (Lipinski definition) is 1. The van der Waals surface area contributed by atoms with E-state index in [0.717, 1.165) is 17.3 Å². The summed E-state index contributed by atoms with van der Waals surface area (Å²) in [6.07, 6.45) is 6.88. The lowest BCUT2D eigenvalue weighted by molar-refractivity contribution is 0.208. The molecule has 1 aromatic carbocycles. The van der Waals surface area contributed by atoms with Gasteiger partial charge in [-0.1, -0.05) is 18.2 Å². The van der Waals surface area contributed by atoms with Crippen molar-refractivity contribution in [3.63, 3.8) is 0 Å². The number of anilines is 1. The molecule has 21 heavy (non-hydrogen) atoms. The number of hydrogen-bond acceptors (Lipinski definition) is 4. The second kappa shape index (κ2) is 6.57. The molecule has 3 rings (SSSR count). The minimum atomic E-state index is 0.382.